The molecule has 0 radical (unpaired) electrons. The molecule has 0 amide bonds. The second kappa shape index (κ2) is 10.2. The van der Waals surface area contributed by atoms with Crippen LogP contribution in [-0.2, 0) is 13.2 Å². The number of carbonyl (C=O) groups is 1. The second-order valence-corrected chi connectivity index (χ2v) is 7.98. The number of ether oxygens (including phenoxy) is 2. The number of carboxylic acid groups (broad SMARTS) is 1. The first kappa shape index (κ1) is 22.4. The summed E-state index contributed by atoms with van der Waals surface area (Å²) in [5.74, 6) is -0.303. The van der Waals surface area contributed by atoms with Gasteiger partial charge in [0.25, 0.3) is 5.56 Å². The molecule has 2 aromatic carbocycles. The summed E-state index contributed by atoms with van der Waals surface area (Å²) in [6, 6.07) is 14.9. The summed E-state index contributed by atoms with van der Waals surface area (Å²) >= 11 is 0. The largest absolute Gasteiger partial charge is 0.490 e. The third-order valence-corrected chi connectivity index (χ3v) is 4.94. The van der Waals surface area contributed by atoms with Crippen molar-refractivity contribution in [3.63, 3.8) is 0 Å². The number of aromatic nitrogens is 1. The fraction of sp³-hybridized carbons (Fsp3) is 0.360. The zero-order chi connectivity index (χ0) is 22.4. The number of hydrogen-bond acceptors (Lipinski definition) is 4. The van der Waals surface area contributed by atoms with Gasteiger partial charge in [0.15, 0.2) is 11.4 Å². The van der Waals surface area contributed by atoms with Gasteiger partial charge in [-0.1, -0.05) is 57.5 Å². The Morgan fingerprint density at radius 3 is 2.45 bits per heavy atom. The topological polar surface area (TPSA) is 77.8 Å². The van der Waals surface area contributed by atoms with Crippen LogP contribution in [0.25, 0.3) is 10.8 Å². The summed E-state index contributed by atoms with van der Waals surface area (Å²) in [6.45, 7) is 6.97. The van der Waals surface area contributed by atoms with Gasteiger partial charge < -0.3 is 14.6 Å². The Morgan fingerprint density at radius 1 is 1.06 bits per heavy atom. The van der Waals surface area contributed by atoms with E-state index in [9.17, 15) is 14.7 Å². The number of unbranched alkanes of at least 4 members (excludes halogenated alkanes) is 1. The zero-order valence-corrected chi connectivity index (χ0v) is 18.3. The highest BCUT2D eigenvalue weighted by Crippen LogP contribution is 2.32. The van der Waals surface area contributed by atoms with Crippen LogP contribution < -0.4 is 15.0 Å². The van der Waals surface area contributed by atoms with E-state index in [4.69, 9.17) is 9.47 Å². The van der Waals surface area contributed by atoms with Crippen LogP contribution in [-0.4, -0.2) is 22.2 Å². The third-order valence-electron chi connectivity index (χ3n) is 4.94. The molecule has 0 aliphatic carbocycles. The van der Waals surface area contributed by atoms with E-state index < -0.39 is 5.97 Å². The monoisotopic (exact) mass is 423 g/mol. The molecule has 1 N–H and O–H groups in total. The lowest BCUT2D eigenvalue weighted by molar-refractivity contribution is 0.0677. The Kier molecular flexibility index (Phi) is 7.34. The van der Waals surface area contributed by atoms with Gasteiger partial charge in [0, 0.05) is 11.9 Å². The number of benzene rings is 2. The van der Waals surface area contributed by atoms with E-state index in [1.807, 2.05) is 51.1 Å². The van der Waals surface area contributed by atoms with Crippen LogP contribution in [0.5, 0.6) is 11.5 Å². The van der Waals surface area contributed by atoms with Crippen LogP contribution in [0.15, 0.2) is 53.3 Å². The molecule has 0 atom stereocenters. The highest BCUT2D eigenvalue weighted by molar-refractivity contribution is 5.99. The predicted molar refractivity (Wildman–Crippen MR) is 121 cm³/mol. The van der Waals surface area contributed by atoms with Crippen molar-refractivity contribution in [2.75, 3.05) is 6.61 Å². The number of pyridine rings is 1. The second-order valence-electron chi connectivity index (χ2n) is 7.98. The maximum Gasteiger partial charge on any atom is 0.356 e. The lowest BCUT2D eigenvalue weighted by atomic mass is 10.1. The molecule has 0 fully saturated rings. The molecule has 6 heteroatoms. The molecule has 1 heterocycles. The van der Waals surface area contributed by atoms with Gasteiger partial charge in [-0.3, -0.25) is 9.36 Å². The van der Waals surface area contributed by atoms with Crippen LogP contribution in [0.1, 0.15) is 49.7 Å². The first-order valence-electron chi connectivity index (χ1n) is 10.7. The standard InChI is InChI=1S/C25H29NO5/c1-4-5-13-30-23-21-14-19(31-16-18-9-7-6-8-10-18)11-12-20(21)24(27)26(15-17(2)3)22(23)25(28)29/h6-12,14,17H,4-5,13,15-16H2,1-3H3,(H,28,29). The van der Waals surface area contributed by atoms with Crippen molar-refractivity contribution in [2.45, 2.75) is 46.8 Å². The molecule has 3 aromatic rings. The minimum Gasteiger partial charge on any atom is -0.490 e. The van der Waals surface area contributed by atoms with Gasteiger partial charge in [-0.2, -0.15) is 0 Å². The lowest BCUT2D eigenvalue weighted by Gasteiger charge is -2.19. The number of fused-ring (bicyclic) bond motifs is 1. The molecule has 1 aromatic heterocycles. The first-order chi connectivity index (χ1) is 14.9. The summed E-state index contributed by atoms with van der Waals surface area (Å²) in [5, 5.41) is 10.8. The molecule has 164 valence electrons. The number of hydrogen-bond donors (Lipinski definition) is 1. The van der Waals surface area contributed by atoms with E-state index in [0.717, 1.165) is 18.4 Å². The van der Waals surface area contributed by atoms with Crippen molar-refractivity contribution >= 4 is 16.7 Å². The molecule has 0 bridgehead atoms. The Labute approximate surface area is 182 Å². The van der Waals surface area contributed by atoms with Crippen molar-refractivity contribution in [1.82, 2.24) is 4.57 Å². The van der Waals surface area contributed by atoms with E-state index in [-0.39, 0.29) is 22.9 Å². The third kappa shape index (κ3) is 5.26. The van der Waals surface area contributed by atoms with Crippen molar-refractivity contribution in [3.05, 3.63) is 70.1 Å². The maximum atomic E-state index is 13.2. The van der Waals surface area contributed by atoms with Crippen LogP contribution in [0.4, 0.5) is 0 Å². The molecule has 0 saturated heterocycles. The minimum absolute atomic E-state index is 0.102. The van der Waals surface area contributed by atoms with Crippen molar-refractivity contribution in [2.24, 2.45) is 5.92 Å². The number of rotatable bonds is 10. The van der Waals surface area contributed by atoms with Gasteiger partial charge >= 0.3 is 5.97 Å². The van der Waals surface area contributed by atoms with E-state index in [1.165, 1.54) is 4.57 Å². The van der Waals surface area contributed by atoms with Crippen molar-refractivity contribution in [3.8, 4) is 11.5 Å². The predicted octanol–water partition coefficient (Wildman–Crippen LogP) is 5.11. The average Bonchev–Trinajstić information content (AvgIpc) is 2.75. The Balaban J connectivity index is 2.12. The van der Waals surface area contributed by atoms with Crippen LogP contribution in [0.3, 0.4) is 0 Å². The van der Waals surface area contributed by atoms with Crippen molar-refractivity contribution in [1.29, 1.82) is 0 Å². The van der Waals surface area contributed by atoms with Crippen LogP contribution in [0, 0.1) is 5.92 Å². The molecule has 3 rings (SSSR count). The molecular formula is C25H29NO5. The first-order valence-corrected chi connectivity index (χ1v) is 10.7. The summed E-state index contributed by atoms with van der Waals surface area (Å²) in [4.78, 5) is 25.3. The number of nitrogens with zero attached hydrogens (tertiary/aromatic N) is 1. The van der Waals surface area contributed by atoms with Gasteiger partial charge in [0.05, 0.1) is 12.0 Å². The van der Waals surface area contributed by atoms with Gasteiger partial charge in [-0.05, 0) is 36.1 Å². The average molecular weight is 424 g/mol. The molecule has 0 saturated carbocycles. The summed E-state index contributed by atoms with van der Waals surface area (Å²) in [6.07, 6.45) is 1.70. The summed E-state index contributed by atoms with van der Waals surface area (Å²) in [5.41, 5.74) is 0.571. The highest BCUT2D eigenvalue weighted by Gasteiger charge is 2.24. The van der Waals surface area contributed by atoms with Gasteiger partial charge in [-0.25, -0.2) is 4.79 Å². The van der Waals surface area contributed by atoms with E-state index in [2.05, 4.69) is 0 Å². The van der Waals surface area contributed by atoms with E-state index >= 15 is 0 Å². The molecule has 6 nitrogen and oxygen atoms in total. The molecule has 0 unspecified atom stereocenters. The smallest absolute Gasteiger partial charge is 0.356 e. The van der Waals surface area contributed by atoms with E-state index in [0.29, 0.717) is 36.3 Å². The van der Waals surface area contributed by atoms with E-state index in [1.54, 1.807) is 18.2 Å². The Morgan fingerprint density at radius 2 is 1.81 bits per heavy atom. The van der Waals surface area contributed by atoms with Gasteiger partial charge in [0.2, 0.25) is 0 Å². The number of aromatic carboxylic acids is 1. The SMILES string of the molecule is CCCCOc1c(C(=O)O)n(CC(C)C)c(=O)c2ccc(OCc3ccccc3)cc12. The fourth-order valence-electron chi connectivity index (χ4n) is 3.44. The van der Waals surface area contributed by atoms with Crippen LogP contribution >= 0.6 is 0 Å². The van der Waals surface area contributed by atoms with Crippen LogP contribution in [0.2, 0.25) is 0 Å². The normalized spacial score (nSPS) is 11.1. The lowest BCUT2D eigenvalue weighted by Crippen LogP contribution is -2.29. The summed E-state index contributed by atoms with van der Waals surface area (Å²) < 4.78 is 13.2. The Bertz CT molecular complexity index is 1100. The molecular weight excluding hydrogens is 394 g/mol. The Hall–Kier alpha value is -3.28. The van der Waals surface area contributed by atoms with Gasteiger partial charge in [-0.15, -0.1) is 0 Å². The summed E-state index contributed by atoms with van der Waals surface area (Å²) in [7, 11) is 0. The van der Waals surface area contributed by atoms with Crippen molar-refractivity contribution < 1.29 is 19.4 Å². The highest BCUT2D eigenvalue weighted by atomic mass is 16.5. The molecule has 0 spiro atoms. The molecule has 31 heavy (non-hydrogen) atoms. The zero-order valence-electron chi connectivity index (χ0n) is 18.3. The number of carboxylic acids is 1. The molecule has 0 aliphatic rings. The quantitative estimate of drug-likeness (QED) is 0.458. The van der Waals surface area contributed by atoms with Gasteiger partial charge in [0.1, 0.15) is 12.4 Å². The maximum absolute atomic E-state index is 13.2. The minimum atomic E-state index is -1.18. The fourth-order valence-corrected chi connectivity index (χ4v) is 3.44. The molecule has 0 aliphatic heterocycles.